The van der Waals surface area contributed by atoms with Crippen molar-refractivity contribution in [1.29, 1.82) is 0 Å². The lowest BCUT2D eigenvalue weighted by Gasteiger charge is -2.17. The first-order valence-corrected chi connectivity index (χ1v) is 5.89. The molecule has 0 spiro atoms. The van der Waals surface area contributed by atoms with Gasteiger partial charge in [-0.15, -0.1) is 0 Å². The van der Waals surface area contributed by atoms with Crippen LogP contribution in [0.4, 0.5) is 4.39 Å². The normalized spacial score (nSPS) is 18.8. The molecule has 0 saturated carbocycles. The number of halogens is 1. The molecule has 0 aliphatic carbocycles. The summed E-state index contributed by atoms with van der Waals surface area (Å²) in [5.74, 6) is -0.938. The van der Waals surface area contributed by atoms with E-state index in [1.54, 1.807) is 17.0 Å². The van der Waals surface area contributed by atoms with E-state index in [9.17, 15) is 14.0 Å². The van der Waals surface area contributed by atoms with Gasteiger partial charge in [-0.2, -0.15) is 0 Å². The van der Waals surface area contributed by atoms with E-state index in [4.69, 9.17) is 0 Å². The van der Waals surface area contributed by atoms with Crippen LogP contribution in [0.5, 0.6) is 0 Å². The number of hydrogen-bond donors (Lipinski definition) is 1. The molecule has 1 unspecified atom stereocenters. The Bertz CT molecular complexity index is 476. The molecule has 1 aromatic rings. The van der Waals surface area contributed by atoms with Crippen LogP contribution in [0, 0.1) is 5.82 Å². The first-order valence-electron chi connectivity index (χ1n) is 5.89. The molecule has 18 heavy (non-hydrogen) atoms. The van der Waals surface area contributed by atoms with Gasteiger partial charge in [0.15, 0.2) is 0 Å². The molecule has 2 amide bonds. The monoisotopic (exact) mass is 250 g/mol. The van der Waals surface area contributed by atoms with Crippen LogP contribution < -0.4 is 5.32 Å². The maximum atomic E-state index is 13.5. The van der Waals surface area contributed by atoms with Gasteiger partial charge in [-0.25, -0.2) is 4.39 Å². The molecule has 1 atom stereocenters. The predicted octanol–water partition coefficient (Wildman–Crippen LogP) is 1.18. The Kier molecular flexibility index (Phi) is 3.60. The number of likely N-dealkylation sites (tertiary alicyclic amines) is 1. The van der Waals surface area contributed by atoms with Gasteiger partial charge in [-0.05, 0) is 18.6 Å². The van der Waals surface area contributed by atoms with E-state index in [2.05, 4.69) is 5.32 Å². The van der Waals surface area contributed by atoms with Crippen LogP contribution in [0.15, 0.2) is 24.3 Å². The molecule has 1 aliphatic heterocycles. The highest BCUT2D eigenvalue weighted by molar-refractivity contribution is 5.94. The topological polar surface area (TPSA) is 49.4 Å². The molecule has 1 aromatic carbocycles. The number of carbonyl (C=O) groups excluding carboxylic acids is 2. The SMILES string of the molecule is CC(=O)NC1CCN(C(=O)c2ccccc2F)C1. The summed E-state index contributed by atoms with van der Waals surface area (Å²) in [7, 11) is 0. The standard InChI is InChI=1S/C13H15FN2O2/c1-9(17)15-10-6-7-16(8-10)13(18)11-4-2-3-5-12(11)14/h2-5,10H,6-8H2,1H3,(H,15,17). The first-order chi connectivity index (χ1) is 8.58. The fourth-order valence-electron chi connectivity index (χ4n) is 2.15. The van der Waals surface area contributed by atoms with Crippen molar-refractivity contribution in [2.45, 2.75) is 19.4 Å². The maximum absolute atomic E-state index is 13.5. The Morgan fingerprint density at radius 1 is 1.39 bits per heavy atom. The average molecular weight is 250 g/mol. The molecule has 2 rings (SSSR count). The van der Waals surface area contributed by atoms with Crippen LogP contribution in [-0.2, 0) is 4.79 Å². The van der Waals surface area contributed by atoms with Gasteiger partial charge in [-0.3, -0.25) is 9.59 Å². The molecule has 1 aliphatic rings. The van der Waals surface area contributed by atoms with E-state index < -0.39 is 5.82 Å². The van der Waals surface area contributed by atoms with E-state index in [1.165, 1.54) is 19.1 Å². The van der Waals surface area contributed by atoms with E-state index in [1.807, 2.05) is 0 Å². The van der Waals surface area contributed by atoms with Gasteiger partial charge in [-0.1, -0.05) is 12.1 Å². The van der Waals surface area contributed by atoms with Crippen molar-refractivity contribution in [2.24, 2.45) is 0 Å². The van der Waals surface area contributed by atoms with Crippen molar-refractivity contribution in [1.82, 2.24) is 10.2 Å². The van der Waals surface area contributed by atoms with Crippen LogP contribution in [0.3, 0.4) is 0 Å². The smallest absolute Gasteiger partial charge is 0.256 e. The number of benzene rings is 1. The average Bonchev–Trinajstić information content (AvgIpc) is 2.76. The lowest BCUT2D eigenvalue weighted by molar-refractivity contribution is -0.119. The van der Waals surface area contributed by atoms with Crippen LogP contribution in [0.2, 0.25) is 0 Å². The number of nitrogens with one attached hydrogen (secondary N) is 1. The number of hydrogen-bond acceptors (Lipinski definition) is 2. The van der Waals surface area contributed by atoms with Crippen molar-refractivity contribution >= 4 is 11.8 Å². The Morgan fingerprint density at radius 3 is 2.78 bits per heavy atom. The molecule has 96 valence electrons. The predicted molar refractivity (Wildman–Crippen MR) is 64.5 cm³/mol. The van der Waals surface area contributed by atoms with Crippen LogP contribution in [0.1, 0.15) is 23.7 Å². The van der Waals surface area contributed by atoms with Crippen molar-refractivity contribution in [3.63, 3.8) is 0 Å². The van der Waals surface area contributed by atoms with Gasteiger partial charge in [0.1, 0.15) is 5.82 Å². The summed E-state index contributed by atoms with van der Waals surface area (Å²) in [4.78, 5) is 24.6. The van der Waals surface area contributed by atoms with E-state index in [-0.39, 0.29) is 23.4 Å². The second-order valence-electron chi connectivity index (χ2n) is 4.42. The third-order valence-electron chi connectivity index (χ3n) is 2.99. The lowest BCUT2D eigenvalue weighted by atomic mass is 10.2. The summed E-state index contributed by atoms with van der Waals surface area (Å²) in [6.07, 6.45) is 0.708. The van der Waals surface area contributed by atoms with Gasteiger partial charge >= 0.3 is 0 Å². The highest BCUT2D eigenvalue weighted by Gasteiger charge is 2.28. The molecule has 0 aromatic heterocycles. The minimum atomic E-state index is -0.509. The number of rotatable bonds is 2. The van der Waals surface area contributed by atoms with Crippen LogP contribution in [0.25, 0.3) is 0 Å². The fourth-order valence-corrected chi connectivity index (χ4v) is 2.15. The van der Waals surface area contributed by atoms with Gasteiger partial charge in [0.05, 0.1) is 5.56 Å². The fraction of sp³-hybridized carbons (Fsp3) is 0.385. The molecule has 1 N–H and O–H groups in total. The molecule has 1 fully saturated rings. The zero-order chi connectivity index (χ0) is 13.1. The second kappa shape index (κ2) is 5.16. The summed E-state index contributed by atoms with van der Waals surface area (Å²) in [6, 6.07) is 5.91. The van der Waals surface area contributed by atoms with Crippen LogP contribution >= 0.6 is 0 Å². The molecule has 1 heterocycles. The molecular formula is C13H15FN2O2. The van der Waals surface area contributed by atoms with E-state index in [0.29, 0.717) is 19.5 Å². The largest absolute Gasteiger partial charge is 0.352 e. The summed E-state index contributed by atoms with van der Waals surface area (Å²) < 4.78 is 13.5. The molecule has 0 bridgehead atoms. The highest BCUT2D eigenvalue weighted by atomic mass is 19.1. The Hall–Kier alpha value is -1.91. The van der Waals surface area contributed by atoms with Gasteiger partial charge in [0.2, 0.25) is 5.91 Å². The Balaban J connectivity index is 2.04. The van der Waals surface area contributed by atoms with E-state index >= 15 is 0 Å². The summed E-state index contributed by atoms with van der Waals surface area (Å²) >= 11 is 0. The Labute approximate surface area is 105 Å². The molecular weight excluding hydrogens is 235 g/mol. The third-order valence-corrected chi connectivity index (χ3v) is 2.99. The molecule has 0 radical (unpaired) electrons. The summed E-state index contributed by atoms with van der Waals surface area (Å²) in [6.45, 7) is 2.42. The van der Waals surface area contributed by atoms with Gasteiger partial charge in [0, 0.05) is 26.1 Å². The van der Waals surface area contributed by atoms with Crippen molar-refractivity contribution < 1.29 is 14.0 Å². The summed E-state index contributed by atoms with van der Waals surface area (Å²) in [5.41, 5.74) is 0.0842. The number of nitrogens with zero attached hydrogens (tertiary/aromatic N) is 1. The van der Waals surface area contributed by atoms with Gasteiger partial charge < -0.3 is 10.2 Å². The number of amides is 2. The minimum absolute atomic E-state index is 0.0294. The molecule has 5 heteroatoms. The van der Waals surface area contributed by atoms with Crippen LogP contribution in [-0.4, -0.2) is 35.8 Å². The van der Waals surface area contributed by atoms with Crippen molar-refractivity contribution in [2.75, 3.05) is 13.1 Å². The maximum Gasteiger partial charge on any atom is 0.256 e. The minimum Gasteiger partial charge on any atom is -0.352 e. The molecule has 1 saturated heterocycles. The zero-order valence-electron chi connectivity index (χ0n) is 10.1. The second-order valence-corrected chi connectivity index (χ2v) is 4.42. The first kappa shape index (κ1) is 12.5. The number of carbonyl (C=O) groups is 2. The zero-order valence-corrected chi connectivity index (χ0v) is 10.1. The molecule has 4 nitrogen and oxygen atoms in total. The lowest BCUT2D eigenvalue weighted by Crippen LogP contribution is -2.37. The van der Waals surface area contributed by atoms with E-state index in [0.717, 1.165) is 0 Å². The Morgan fingerprint density at radius 2 is 2.11 bits per heavy atom. The highest BCUT2D eigenvalue weighted by Crippen LogP contribution is 2.15. The van der Waals surface area contributed by atoms with Crippen molar-refractivity contribution in [3.05, 3.63) is 35.6 Å². The summed E-state index contributed by atoms with van der Waals surface area (Å²) in [5, 5.41) is 2.77. The van der Waals surface area contributed by atoms with Gasteiger partial charge in [0.25, 0.3) is 5.91 Å². The third kappa shape index (κ3) is 2.67. The van der Waals surface area contributed by atoms with Crippen molar-refractivity contribution in [3.8, 4) is 0 Å². The quantitative estimate of drug-likeness (QED) is 0.856.